The van der Waals surface area contributed by atoms with E-state index in [9.17, 15) is 14.7 Å². The topological polar surface area (TPSA) is 72.9 Å². The van der Waals surface area contributed by atoms with Crippen LogP contribution in [-0.4, -0.2) is 71.1 Å². The Kier molecular flexibility index (Phi) is 3.22. The summed E-state index contributed by atoms with van der Waals surface area (Å²) in [6.45, 7) is 4.63. The maximum atomic E-state index is 12.2. The molecule has 106 valence electrons. The molecule has 3 aliphatic rings. The maximum Gasteiger partial charge on any atom is 0.248 e. The van der Waals surface area contributed by atoms with Crippen molar-refractivity contribution in [1.82, 2.24) is 15.1 Å². The van der Waals surface area contributed by atoms with Crippen molar-refractivity contribution in [2.24, 2.45) is 5.92 Å². The smallest absolute Gasteiger partial charge is 0.248 e. The second kappa shape index (κ2) is 4.76. The Morgan fingerprint density at radius 1 is 1.37 bits per heavy atom. The Morgan fingerprint density at radius 3 is 2.74 bits per heavy atom. The average Bonchev–Trinajstić information content (AvgIpc) is 3.17. The van der Waals surface area contributed by atoms with Crippen LogP contribution in [0.1, 0.15) is 19.8 Å². The van der Waals surface area contributed by atoms with E-state index in [4.69, 9.17) is 0 Å². The number of carbonyl (C=O) groups is 2. The zero-order valence-electron chi connectivity index (χ0n) is 11.2. The van der Waals surface area contributed by atoms with Gasteiger partial charge < -0.3 is 15.3 Å². The number of fused-ring (bicyclic) bond motifs is 1. The summed E-state index contributed by atoms with van der Waals surface area (Å²) in [4.78, 5) is 28.2. The van der Waals surface area contributed by atoms with Gasteiger partial charge in [0, 0.05) is 26.2 Å². The lowest BCUT2D eigenvalue weighted by Gasteiger charge is -2.45. The minimum absolute atomic E-state index is 0.133. The number of hydrogen-bond donors (Lipinski definition) is 2. The van der Waals surface area contributed by atoms with Gasteiger partial charge in [-0.2, -0.15) is 0 Å². The minimum Gasteiger partial charge on any atom is -0.391 e. The molecule has 0 spiro atoms. The molecule has 3 atom stereocenters. The summed E-state index contributed by atoms with van der Waals surface area (Å²) in [5, 5.41) is 12.2. The molecule has 2 heterocycles. The van der Waals surface area contributed by atoms with Gasteiger partial charge in [0.1, 0.15) is 12.1 Å². The van der Waals surface area contributed by atoms with E-state index in [0.29, 0.717) is 13.1 Å². The number of amides is 2. The normalized spacial score (nSPS) is 33.9. The van der Waals surface area contributed by atoms with Gasteiger partial charge in [-0.1, -0.05) is 0 Å². The molecule has 1 saturated carbocycles. The predicted molar refractivity (Wildman–Crippen MR) is 68.3 cm³/mol. The van der Waals surface area contributed by atoms with E-state index in [2.05, 4.69) is 10.2 Å². The van der Waals surface area contributed by atoms with Crippen molar-refractivity contribution >= 4 is 11.8 Å². The Morgan fingerprint density at radius 2 is 2.11 bits per heavy atom. The standard InChI is InChI=1S/C13H21N3O3/c1-8(17)11-13(19)16-5-4-15(6-9-2-3-9)7-10(16)12(18)14-11/h8-11,17H,2-7H2,1H3,(H,14,18)/t8-,10-,11+/m1/s1. The van der Waals surface area contributed by atoms with Crippen LogP contribution in [0.4, 0.5) is 0 Å². The van der Waals surface area contributed by atoms with Gasteiger partial charge in [-0.3, -0.25) is 14.5 Å². The lowest BCUT2D eigenvalue weighted by Crippen LogP contribution is -2.71. The molecule has 6 nitrogen and oxygen atoms in total. The quantitative estimate of drug-likeness (QED) is 0.673. The van der Waals surface area contributed by atoms with Crippen LogP contribution in [0.2, 0.25) is 0 Å². The first kappa shape index (κ1) is 12.9. The number of aliphatic hydroxyl groups is 1. The fourth-order valence-electron chi connectivity index (χ4n) is 2.98. The van der Waals surface area contributed by atoms with Crippen LogP contribution in [-0.2, 0) is 9.59 Å². The third-order valence-corrected chi connectivity index (χ3v) is 4.31. The van der Waals surface area contributed by atoms with Gasteiger partial charge in [-0.25, -0.2) is 0 Å². The third kappa shape index (κ3) is 2.47. The van der Waals surface area contributed by atoms with Gasteiger partial charge in [-0.05, 0) is 25.7 Å². The molecule has 0 radical (unpaired) electrons. The lowest BCUT2D eigenvalue weighted by atomic mass is 10.0. The number of carbonyl (C=O) groups excluding carboxylic acids is 2. The Balaban J connectivity index is 1.68. The summed E-state index contributed by atoms with van der Waals surface area (Å²) < 4.78 is 0. The number of rotatable bonds is 3. The molecule has 0 aromatic heterocycles. The van der Waals surface area contributed by atoms with Crippen LogP contribution in [0.15, 0.2) is 0 Å². The van der Waals surface area contributed by atoms with Crippen molar-refractivity contribution < 1.29 is 14.7 Å². The van der Waals surface area contributed by atoms with Gasteiger partial charge in [0.25, 0.3) is 0 Å². The number of aliphatic hydroxyl groups excluding tert-OH is 1. The SMILES string of the molecule is C[C@@H](O)[C@@H]1NC(=O)[C@H]2CN(CC3CC3)CCN2C1=O. The fraction of sp³-hybridized carbons (Fsp3) is 0.846. The van der Waals surface area contributed by atoms with Crippen LogP contribution < -0.4 is 5.32 Å². The van der Waals surface area contributed by atoms with Gasteiger partial charge >= 0.3 is 0 Å². The maximum absolute atomic E-state index is 12.2. The number of nitrogens with zero attached hydrogens (tertiary/aromatic N) is 2. The van der Waals surface area contributed by atoms with Crippen LogP contribution in [0.3, 0.4) is 0 Å². The van der Waals surface area contributed by atoms with E-state index in [1.165, 1.54) is 19.8 Å². The highest BCUT2D eigenvalue weighted by Gasteiger charge is 2.45. The summed E-state index contributed by atoms with van der Waals surface area (Å²) >= 11 is 0. The van der Waals surface area contributed by atoms with E-state index >= 15 is 0 Å². The van der Waals surface area contributed by atoms with Crippen LogP contribution in [0.5, 0.6) is 0 Å². The Hall–Kier alpha value is -1.14. The highest BCUT2D eigenvalue weighted by Crippen LogP contribution is 2.30. The minimum atomic E-state index is -0.845. The molecular formula is C13H21N3O3. The average molecular weight is 267 g/mol. The van der Waals surface area contributed by atoms with Gasteiger partial charge in [-0.15, -0.1) is 0 Å². The summed E-state index contributed by atoms with van der Waals surface area (Å²) in [5.74, 6) is 0.510. The van der Waals surface area contributed by atoms with E-state index in [1.54, 1.807) is 4.90 Å². The van der Waals surface area contributed by atoms with Crippen molar-refractivity contribution in [3.8, 4) is 0 Å². The molecular weight excluding hydrogens is 246 g/mol. The molecule has 0 unspecified atom stereocenters. The Bertz CT molecular complexity index is 395. The van der Waals surface area contributed by atoms with Crippen LogP contribution >= 0.6 is 0 Å². The van der Waals surface area contributed by atoms with E-state index in [0.717, 1.165) is 19.0 Å². The van der Waals surface area contributed by atoms with Crippen molar-refractivity contribution in [2.45, 2.75) is 38.0 Å². The highest BCUT2D eigenvalue weighted by atomic mass is 16.3. The molecule has 3 fully saturated rings. The monoisotopic (exact) mass is 267 g/mol. The summed E-state index contributed by atoms with van der Waals surface area (Å²) in [5.41, 5.74) is 0. The lowest BCUT2D eigenvalue weighted by molar-refractivity contribution is -0.155. The first-order chi connectivity index (χ1) is 9.06. The molecule has 6 heteroatoms. The molecule has 1 aliphatic carbocycles. The van der Waals surface area contributed by atoms with Crippen LogP contribution in [0, 0.1) is 5.92 Å². The zero-order valence-corrected chi connectivity index (χ0v) is 11.2. The van der Waals surface area contributed by atoms with Crippen LogP contribution in [0.25, 0.3) is 0 Å². The zero-order chi connectivity index (χ0) is 13.6. The molecule has 0 bridgehead atoms. The van der Waals surface area contributed by atoms with E-state index in [1.807, 2.05) is 0 Å². The van der Waals surface area contributed by atoms with E-state index in [-0.39, 0.29) is 17.9 Å². The highest BCUT2D eigenvalue weighted by molar-refractivity contribution is 5.97. The molecule has 2 saturated heterocycles. The van der Waals surface area contributed by atoms with Crippen molar-refractivity contribution in [3.05, 3.63) is 0 Å². The molecule has 19 heavy (non-hydrogen) atoms. The first-order valence-electron chi connectivity index (χ1n) is 7.07. The molecule has 2 aliphatic heterocycles. The van der Waals surface area contributed by atoms with Crippen molar-refractivity contribution in [1.29, 1.82) is 0 Å². The summed E-state index contributed by atoms with van der Waals surface area (Å²) in [6.07, 6.45) is 1.74. The second-order valence-electron chi connectivity index (χ2n) is 5.98. The summed E-state index contributed by atoms with van der Waals surface area (Å²) in [7, 11) is 0. The number of hydrogen-bond acceptors (Lipinski definition) is 4. The largest absolute Gasteiger partial charge is 0.391 e. The molecule has 3 rings (SSSR count). The van der Waals surface area contributed by atoms with E-state index < -0.39 is 12.1 Å². The molecule has 2 amide bonds. The molecule has 2 N–H and O–H groups in total. The molecule has 0 aromatic carbocycles. The number of piperazine rings is 2. The third-order valence-electron chi connectivity index (χ3n) is 4.31. The Labute approximate surface area is 112 Å². The predicted octanol–water partition coefficient (Wildman–Crippen LogP) is -1.21. The first-order valence-corrected chi connectivity index (χ1v) is 7.07. The fourth-order valence-corrected chi connectivity index (χ4v) is 2.98. The van der Waals surface area contributed by atoms with Gasteiger partial charge in [0.05, 0.1) is 6.10 Å². The number of nitrogens with one attached hydrogen (secondary N) is 1. The molecule has 0 aromatic rings. The van der Waals surface area contributed by atoms with Crippen molar-refractivity contribution in [2.75, 3.05) is 26.2 Å². The second-order valence-corrected chi connectivity index (χ2v) is 5.98. The van der Waals surface area contributed by atoms with Crippen molar-refractivity contribution in [3.63, 3.8) is 0 Å². The van der Waals surface area contributed by atoms with Gasteiger partial charge in [0.15, 0.2) is 0 Å². The summed E-state index contributed by atoms with van der Waals surface area (Å²) in [6, 6.07) is -1.16. The van der Waals surface area contributed by atoms with Gasteiger partial charge in [0.2, 0.25) is 11.8 Å².